The second-order valence-electron chi connectivity index (χ2n) is 15.2. The van der Waals surface area contributed by atoms with E-state index in [4.69, 9.17) is 18.9 Å². The van der Waals surface area contributed by atoms with Crippen LogP contribution in [0.15, 0.2) is 73.1 Å². The molecule has 2 atom stereocenters. The normalized spacial score (nSPS) is 18.4. The van der Waals surface area contributed by atoms with Crippen molar-refractivity contribution in [2.75, 3.05) is 39.5 Å². The van der Waals surface area contributed by atoms with E-state index in [-0.39, 0.29) is 24.3 Å². The molecular weight excluding hydrogens is 660 g/mol. The van der Waals surface area contributed by atoms with Crippen LogP contribution in [0.4, 0.5) is 9.59 Å². The topological polar surface area (TPSA) is 135 Å². The van der Waals surface area contributed by atoms with Crippen molar-refractivity contribution in [1.82, 2.24) is 29.7 Å². The zero-order chi connectivity index (χ0) is 36.6. The number of aromatic amines is 2. The molecule has 4 heterocycles. The van der Waals surface area contributed by atoms with Gasteiger partial charge in [0.25, 0.3) is 0 Å². The van der Waals surface area contributed by atoms with Crippen LogP contribution in [0, 0.1) is 0 Å². The Morgan fingerprint density at radius 3 is 1.56 bits per heavy atom. The lowest BCUT2D eigenvalue weighted by Gasteiger charge is -2.35. The highest BCUT2D eigenvalue weighted by molar-refractivity contribution is 5.90. The van der Waals surface area contributed by atoms with Gasteiger partial charge in [0.05, 0.1) is 50.2 Å². The number of morpholine rings is 2. The van der Waals surface area contributed by atoms with Crippen molar-refractivity contribution >= 4 is 23.0 Å². The summed E-state index contributed by atoms with van der Waals surface area (Å²) in [7, 11) is 0. The molecule has 0 aliphatic carbocycles. The number of H-pyrrole nitrogens is 2. The van der Waals surface area contributed by atoms with E-state index >= 15 is 0 Å². The number of rotatable bonds is 5. The number of aromatic nitrogens is 4. The molecule has 2 saturated heterocycles. The highest BCUT2D eigenvalue weighted by atomic mass is 16.6. The number of hydrogen-bond donors (Lipinski definition) is 2. The largest absolute Gasteiger partial charge is 0.444 e. The Bertz CT molecular complexity index is 2060. The van der Waals surface area contributed by atoms with Crippen LogP contribution in [0.3, 0.4) is 0 Å². The van der Waals surface area contributed by atoms with Crippen molar-refractivity contribution in [3.05, 3.63) is 84.7 Å². The van der Waals surface area contributed by atoms with Crippen molar-refractivity contribution in [1.29, 1.82) is 0 Å². The number of imidazole rings is 2. The van der Waals surface area contributed by atoms with Crippen molar-refractivity contribution in [3.8, 4) is 33.6 Å². The molecule has 52 heavy (non-hydrogen) atoms. The molecule has 0 spiro atoms. The summed E-state index contributed by atoms with van der Waals surface area (Å²) in [6, 6.07) is 20.4. The van der Waals surface area contributed by atoms with Crippen LogP contribution in [0.5, 0.6) is 0 Å². The lowest BCUT2D eigenvalue weighted by Crippen LogP contribution is -2.46. The molecule has 0 radical (unpaired) electrons. The summed E-state index contributed by atoms with van der Waals surface area (Å²) < 4.78 is 22.7. The molecule has 2 N–H and O–H groups in total. The summed E-state index contributed by atoms with van der Waals surface area (Å²) in [4.78, 5) is 45.3. The number of hydrogen-bond acceptors (Lipinski definition) is 8. The third-order valence-electron chi connectivity index (χ3n) is 9.02. The number of ether oxygens (including phenoxy) is 4. The molecular formula is C40H46N6O6. The van der Waals surface area contributed by atoms with E-state index < -0.39 is 11.2 Å². The molecule has 2 aliphatic rings. The first kappa shape index (κ1) is 35.2. The van der Waals surface area contributed by atoms with Crippen molar-refractivity contribution < 1.29 is 28.5 Å². The zero-order valence-corrected chi connectivity index (χ0v) is 30.6. The Morgan fingerprint density at radius 1 is 0.635 bits per heavy atom. The zero-order valence-electron chi connectivity index (χ0n) is 30.6. The van der Waals surface area contributed by atoms with Gasteiger partial charge in [-0.3, -0.25) is 9.80 Å². The smallest absolute Gasteiger partial charge is 0.411 e. The first-order valence-electron chi connectivity index (χ1n) is 17.7. The monoisotopic (exact) mass is 706 g/mol. The maximum atomic E-state index is 12.9. The van der Waals surface area contributed by atoms with Crippen LogP contribution in [-0.2, 0) is 18.9 Å². The van der Waals surface area contributed by atoms with E-state index in [0.717, 1.165) is 44.4 Å². The number of benzene rings is 3. The molecule has 272 valence electrons. The summed E-state index contributed by atoms with van der Waals surface area (Å²) in [5.74, 6) is 1.33. The molecule has 3 aromatic carbocycles. The predicted molar refractivity (Wildman–Crippen MR) is 198 cm³/mol. The van der Waals surface area contributed by atoms with Crippen LogP contribution in [0.25, 0.3) is 44.4 Å². The SMILES string of the molecule is CC(C)(C)OC(=O)N1CCOC[C@H]1c1ncc(-c2ccc(-c3ccc4cc(-c5cnc([C@@H]6COCCN6C(=O)OC(C)(C)C)[nH]5)ccc4c3)cc2)[nH]1. The summed E-state index contributed by atoms with van der Waals surface area (Å²) in [5.41, 5.74) is 4.72. The first-order chi connectivity index (χ1) is 24.8. The third kappa shape index (κ3) is 7.83. The van der Waals surface area contributed by atoms with E-state index in [1.165, 1.54) is 0 Å². The highest BCUT2D eigenvalue weighted by Gasteiger charge is 2.35. The molecule has 2 amide bonds. The molecule has 12 nitrogen and oxygen atoms in total. The molecule has 12 heteroatoms. The van der Waals surface area contributed by atoms with Crippen molar-refractivity contribution in [2.45, 2.75) is 64.8 Å². The maximum Gasteiger partial charge on any atom is 0.411 e. The predicted octanol–water partition coefficient (Wildman–Crippen LogP) is 7.90. The quantitative estimate of drug-likeness (QED) is 0.188. The van der Waals surface area contributed by atoms with Gasteiger partial charge in [-0.05, 0) is 81.1 Å². The van der Waals surface area contributed by atoms with E-state index in [0.29, 0.717) is 51.2 Å². The van der Waals surface area contributed by atoms with Gasteiger partial charge in [0.2, 0.25) is 0 Å². The average Bonchev–Trinajstić information content (AvgIpc) is 3.81. The molecule has 5 aromatic rings. The van der Waals surface area contributed by atoms with Gasteiger partial charge in [0.15, 0.2) is 0 Å². The van der Waals surface area contributed by atoms with Gasteiger partial charge in [-0.25, -0.2) is 19.6 Å². The van der Waals surface area contributed by atoms with Crippen molar-refractivity contribution in [3.63, 3.8) is 0 Å². The van der Waals surface area contributed by atoms with Crippen LogP contribution in [-0.4, -0.2) is 92.6 Å². The maximum absolute atomic E-state index is 12.9. The lowest BCUT2D eigenvalue weighted by atomic mass is 9.98. The Hall–Kier alpha value is -5.20. The second-order valence-corrected chi connectivity index (χ2v) is 15.2. The van der Waals surface area contributed by atoms with Crippen LogP contribution < -0.4 is 0 Å². The molecule has 2 fully saturated rings. The summed E-state index contributed by atoms with van der Waals surface area (Å²) in [5, 5.41) is 2.21. The van der Waals surface area contributed by atoms with Gasteiger partial charge >= 0.3 is 12.2 Å². The fourth-order valence-corrected chi connectivity index (χ4v) is 6.48. The standard InChI is InChI=1S/C40H46N6O6/c1-39(2,3)51-37(47)45-15-17-49-23-33(45)35-41-21-31(43-35)26-9-7-25(8-10-26)27-11-12-29-20-30(14-13-28(29)19-27)32-22-42-36(44-32)34-24-50-18-16-46(34)38(48)52-40(4,5)6/h7-14,19-22,33-34H,15-18,23-24H2,1-6H3,(H,41,43)(H,42,44)/t33-,34-/m0/s1. The summed E-state index contributed by atoms with van der Waals surface area (Å²) in [6.07, 6.45) is 2.85. The van der Waals surface area contributed by atoms with E-state index in [1.807, 2.05) is 41.5 Å². The van der Waals surface area contributed by atoms with E-state index in [9.17, 15) is 9.59 Å². The number of nitrogens with zero attached hydrogens (tertiary/aromatic N) is 4. The minimum absolute atomic E-state index is 0.348. The summed E-state index contributed by atoms with van der Waals surface area (Å²) >= 11 is 0. The first-order valence-corrected chi connectivity index (χ1v) is 17.7. The fraction of sp³-hybridized carbons (Fsp3) is 0.400. The van der Waals surface area contributed by atoms with Gasteiger partial charge in [0.1, 0.15) is 34.9 Å². The Labute approximate surface area is 303 Å². The van der Waals surface area contributed by atoms with Gasteiger partial charge in [-0.2, -0.15) is 0 Å². The minimum atomic E-state index is -0.589. The van der Waals surface area contributed by atoms with Gasteiger partial charge in [-0.15, -0.1) is 0 Å². The molecule has 2 aromatic heterocycles. The van der Waals surface area contributed by atoms with E-state index in [2.05, 4.69) is 80.6 Å². The molecule has 0 unspecified atom stereocenters. The van der Waals surface area contributed by atoms with E-state index in [1.54, 1.807) is 22.2 Å². The second kappa shape index (κ2) is 14.1. The minimum Gasteiger partial charge on any atom is -0.444 e. The fourth-order valence-electron chi connectivity index (χ4n) is 6.48. The summed E-state index contributed by atoms with van der Waals surface area (Å²) in [6.45, 7) is 13.7. The van der Waals surface area contributed by atoms with Crippen LogP contribution in [0.2, 0.25) is 0 Å². The number of fused-ring (bicyclic) bond motifs is 1. The molecule has 0 saturated carbocycles. The molecule has 0 bridgehead atoms. The molecule has 7 rings (SSSR count). The van der Waals surface area contributed by atoms with Crippen LogP contribution >= 0.6 is 0 Å². The number of nitrogens with one attached hydrogen (secondary N) is 2. The number of carbonyl (C=O) groups excluding carboxylic acids is 2. The Kier molecular flexibility index (Phi) is 9.53. The van der Waals surface area contributed by atoms with Crippen molar-refractivity contribution in [2.24, 2.45) is 0 Å². The lowest BCUT2D eigenvalue weighted by molar-refractivity contribution is -0.0352. The highest BCUT2D eigenvalue weighted by Crippen LogP contribution is 2.32. The van der Waals surface area contributed by atoms with Gasteiger partial charge < -0.3 is 28.9 Å². The Balaban J connectivity index is 1.04. The number of amides is 2. The third-order valence-corrected chi connectivity index (χ3v) is 9.02. The van der Waals surface area contributed by atoms with Crippen LogP contribution in [0.1, 0.15) is 65.3 Å². The average molecular weight is 707 g/mol. The Morgan fingerprint density at radius 2 is 1.06 bits per heavy atom. The van der Waals surface area contributed by atoms with Gasteiger partial charge in [0, 0.05) is 18.7 Å². The van der Waals surface area contributed by atoms with Gasteiger partial charge in [-0.1, -0.05) is 48.5 Å². The number of carbonyl (C=O) groups is 2. The molecule has 2 aliphatic heterocycles.